The van der Waals surface area contributed by atoms with Crippen molar-refractivity contribution < 1.29 is 14.5 Å². The highest BCUT2D eigenvalue weighted by Crippen LogP contribution is 2.35. The standard InChI is InChI=1S/C28H29N5O4/c1-18(24-5-3-4-12-29-24)31-26-8-6-20(15-27(26)33(35)36)28(34)32-13-10-19(11-14-32)23-17-30-25-9-7-21(37-2)16-22(23)25/h3-9,12,15-19,30-31H,10-11,13-14H2,1-2H3. The van der Waals surface area contributed by atoms with Gasteiger partial charge in [-0.15, -0.1) is 0 Å². The lowest BCUT2D eigenvalue weighted by atomic mass is 9.89. The van der Waals surface area contributed by atoms with Crippen molar-refractivity contribution in [2.75, 3.05) is 25.5 Å². The zero-order valence-electron chi connectivity index (χ0n) is 20.8. The van der Waals surface area contributed by atoms with Crippen LogP contribution < -0.4 is 10.1 Å². The third-order valence-electron chi connectivity index (χ3n) is 7.09. The van der Waals surface area contributed by atoms with E-state index in [1.165, 1.54) is 11.6 Å². The van der Waals surface area contributed by atoms with Crippen LogP contribution in [0.3, 0.4) is 0 Å². The Hall–Kier alpha value is -4.40. The first-order valence-corrected chi connectivity index (χ1v) is 12.3. The molecule has 1 aliphatic heterocycles. The quantitative estimate of drug-likeness (QED) is 0.250. The Morgan fingerprint density at radius 1 is 1.19 bits per heavy atom. The number of H-pyrrole nitrogens is 1. The molecular weight excluding hydrogens is 470 g/mol. The molecule has 0 spiro atoms. The summed E-state index contributed by atoms with van der Waals surface area (Å²) in [4.78, 5) is 34.1. The lowest BCUT2D eigenvalue weighted by molar-refractivity contribution is -0.384. The largest absolute Gasteiger partial charge is 0.497 e. The number of aromatic amines is 1. The van der Waals surface area contributed by atoms with Gasteiger partial charge < -0.3 is 19.9 Å². The number of amides is 1. The van der Waals surface area contributed by atoms with Crippen LogP contribution in [0.4, 0.5) is 11.4 Å². The van der Waals surface area contributed by atoms with E-state index in [9.17, 15) is 14.9 Å². The second-order valence-corrected chi connectivity index (χ2v) is 9.33. The lowest BCUT2D eigenvalue weighted by Gasteiger charge is -2.32. The Morgan fingerprint density at radius 3 is 2.70 bits per heavy atom. The summed E-state index contributed by atoms with van der Waals surface area (Å²) in [5, 5.41) is 16.1. The third-order valence-corrected chi connectivity index (χ3v) is 7.09. The number of rotatable bonds is 7. The number of pyridine rings is 1. The summed E-state index contributed by atoms with van der Waals surface area (Å²) in [6.45, 7) is 3.06. The fraction of sp³-hybridized carbons (Fsp3) is 0.286. The van der Waals surface area contributed by atoms with Gasteiger partial charge in [-0.3, -0.25) is 19.9 Å². The Balaban J connectivity index is 1.29. The van der Waals surface area contributed by atoms with Crippen LogP contribution in [-0.2, 0) is 0 Å². The van der Waals surface area contributed by atoms with Crippen LogP contribution in [0.5, 0.6) is 5.75 Å². The number of aromatic nitrogens is 2. The number of hydrogen-bond acceptors (Lipinski definition) is 6. The van der Waals surface area contributed by atoms with Crippen molar-refractivity contribution >= 4 is 28.2 Å². The number of carbonyl (C=O) groups is 1. The van der Waals surface area contributed by atoms with E-state index in [2.05, 4.69) is 15.3 Å². The van der Waals surface area contributed by atoms with E-state index < -0.39 is 4.92 Å². The number of nitrogens with zero attached hydrogens (tertiary/aromatic N) is 3. The number of fused-ring (bicyclic) bond motifs is 1. The highest BCUT2D eigenvalue weighted by atomic mass is 16.6. The molecule has 1 saturated heterocycles. The summed E-state index contributed by atoms with van der Waals surface area (Å²) in [6.07, 6.45) is 5.37. The third kappa shape index (κ3) is 4.97. The molecule has 5 rings (SSSR count). The van der Waals surface area contributed by atoms with Crippen LogP contribution in [0.15, 0.2) is 67.0 Å². The van der Waals surface area contributed by atoms with Gasteiger partial charge in [-0.05, 0) is 73.7 Å². The summed E-state index contributed by atoms with van der Waals surface area (Å²) in [5.41, 5.74) is 3.61. The molecule has 4 aromatic rings. The van der Waals surface area contributed by atoms with Gasteiger partial charge >= 0.3 is 0 Å². The zero-order valence-corrected chi connectivity index (χ0v) is 20.8. The molecule has 0 bridgehead atoms. The second-order valence-electron chi connectivity index (χ2n) is 9.33. The molecule has 0 aliphatic carbocycles. The zero-order chi connectivity index (χ0) is 25.9. The van der Waals surface area contributed by atoms with Gasteiger partial charge in [0.05, 0.1) is 23.8 Å². The first-order valence-electron chi connectivity index (χ1n) is 12.3. The predicted octanol–water partition coefficient (Wildman–Crippen LogP) is 5.67. The average molecular weight is 500 g/mol. The topological polar surface area (TPSA) is 113 Å². The van der Waals surface area contributed by atoms with E-state index >= 15 is 0 Å². The van der Waals surface area contributed by atoms with Gasteiger partial charge in [0, 0.05) is 48.0 Å². The van der Waals surface area contributed by atoms with Crippen molar-refractivity contribution in [1.29, 1.82) is 0 Å². The fourth-order valence-electron chi connectivity index (χ4n) is 5.04. The molecule has 3 heterocycles. The van der Waals surface area contributed by atoms with Crippen molar-refractivity contribution in [3.63, 3.8) is 0 Å². The molecule has 1 aliphatic rings. The van der Waals surface area contributed by atoms with Crippen LogP contribution in [0, 0.1) is 10.1 Å². The number of piperidine rings is 1. The van der Waals surface area contributed by atoms with Gasteiger partial charge in [0.1, 0.15) is 11.4 Å². The van der Waals surface area contributed by atoms with Crippen LogP contribution in [0.1, 0.15) is 53.3 Å². The normalized spacial score (nSPS) is 14.9. The van der Waals surface area contributed by atoms with Crippen molar-refractivity contribution in [1.82, 2.24) is 14.9 Å². The molecular formula is C28H29N5O4. The molecule has 1 atom stereocenters. The molecule has 190 valence electrons. The number of ether oxygens (including phenoxy) is 1. The van der Waals surface area contributed by atoms with E-state index in [4.69, 9.17) is 4.74 Å². The Morgan fingerprint density at radius 2 is 2.00 bits per heavy atom. The molecule has 1 fully saturated rings. The number of anilines is 1. The maximum Gasteiger partial charge on any atom is 0.293 e. The summed E-state index contributed by atoms with van der Waals surface area (Å²) < 4.78 is 5.39. The molecule has 9 nitrogen and oxygen atoms in total. The van der Waals surface area contributed by atoms with Gasteiger partial charge in [-0.2, -0.15) is 0 Å². The van der Waals surface area contributed by atoms with Crippen molar-refractivity contribution in [2.24, 2.45) is 0 Å². The fourth-order valence-corrected chi connectivity index (χ4v) is 5.04. The Bertz CT molecular complexity index is 1430. The van der Waals surface area contributed by atoms with Gasteiger partial charge in [0.15, 0.2) is 0 Å². The molecule has 9 heteroatoms. The van der Waals surface area contributed by atoms with E-state index in [0.29, 0.717) is 30.3 Å². The first kappa shape index (κ1) is 24.3. The molecule has 2 aromatic heterocycles. The minimum atomic E-state index is -0.457. The Labute approximate surface area is 214 Å². The SMILES string of the molecule is COc1ccc2[nH]cc(C3CCN(C(=O)c4ccc(NC(C)c5ccccn5)c([N+](=O)[O-])c4)CC3)c2c1. The lowest BCUT2D eigenvalue weighted by Crippen LogP contribution is -2.37. The summed E-state index contributed by atoms with van der Waals surface area (Å²) in [6, 6.07) is 15.9. The van der Waals surface area contributed by atoms with Crippen LogP contribution in [-0.4, -0.2) is 45.9 Å². The number of benzene rings is 2. The van der Waals surface area contributed by atoms with E-state index in [-0.39, 0.29) is 17.6 Å². The maximum atomic E-state index is 13.3. The molecule has 2 N–H and O–H groups in total. The van der Waals surface area contributed by atoms with Gasteiger partial charge in [-0.25, -0.2) is 0 Å². The number of nitro benzene ring substituents is 1. The minimum Gasteiger partial charge on any atom is -0.497 e. The molecule has 2 aromatic carbocycles. The highest BCUT2D eigenvalue weighted by Gasteiger charge is 2.28. The number of nitrogens with one attached hydrogen (secondary N) is 2. The number of methoxy groups -OCH3 is 1. The molecule has 37 heavy (non-hydrogen) atoms. The van der Waals surface area contributed by atoms with E-state index in [1.807, 2.05) is 49.5 Å². The minimum absolute atomic E-state index is 0.128. The van der Waals surface area contributed by atoms with Gasteiger partial charge in [0.2, 0.25) is 0 Å². The molecule has 1 unspecified atom stereocenters. The van der Waals surface area contributed by atoms with Crippen molar-refractivity contribution in [3.8, 4) is 5.75 Å². The van der Waals surface area contributed by atoms with Gasteiger partial charge in [0.25, 0.3) is 11.6 Å². The number of carbonyl (C=O) groups excluding carboxylic acids is 1. The summed E-state index contributed by atoms with van der Waals surface area (Å²) >= 11 is 0. The number of hydrogen-bond donors (Lipinski definition) is 2. The van der Waals surface area contributed by atoms with Crippen molar-refractivity contribution in [2.45, 2.75) is 31.7 Å². The monoisotopic (exact) mass is 499 g/mol. The van der Waals surface area contributed by atoms with Crippen LogP contribution in [0.2, 0.25) is 0 Å². The van der Waals surface area contributed by atoms with Crippen LogP contribution in [0.25, 0.3) is 10.9 Å². The van der Waals surface area contributed by atoms with E-state index in [1.54, 1.807) is 30.3 Å². The first-order chi connectivity index (χ1) is 17.9. The smallest absolute Gasteiger partial charge is 0.293 e. The Kier molecular flexibility index (Phi) is 6.76. The molecule has 0 radical (unpaired) electrons. The highest BCUT2D eigenvalue weighted by molar-refractivity contribution is 5.96. The predicted molar refractivity (Wildman–Crippen MR) is 142 cm³/mol. The maximum absolute atomic E-state index is 13.3. The van der Waals surface area contributed by atoms with Crippen LogP contribution >= 0.6 is 0 Å². The summed E-state index contributed by atoms with van der Waals surface area (Å²) in [5.74, 6) is 0.945. The second kappa shape index (κ2) is 10.3. The number of likely N-dealkylation sites (tertiary alicyclic amines) is 1. The number of nitro groups is 1. The van der Waals surface area contributed by atoms with Gasteiger partial charge in [-0.1, -0.05) is 6.07 Å². The average Bonchev–Trinajstić information content (AvgIpc) is 3.36. The van der Waals surface area contributed by atoms with Crippen molar-refractivity contribution in [3.05, 3.63) is 93.9 Å². The molecule has 0 saturated carbocycles. The molecule has 1 amide bonds. The van der Waals surface area contributed by atoms with E-state index in [0.717, 1.165) is 35.2 Å². The summed E-state index contributed by atoms with van der Waals surface area (Å²) in [7, 11) is 1.66.